The summed E-state index contributed by atoms with van der Waals surface area (Å²) in [6, 6.07) is 26.2. The van der Waals surface area contributed by atoms with E-state index in [2.05, 4.69) is 15.3 Å². The molecule has 3 heterocycles. The van der Waals surface area contributed by atoms with Crippen molar-refractivity contribution < 1.29 is 52.1 Å². The molecule has 0 spiro atoms. The number of likely N-dealkylation sites (tertiary alicyclic amines) is 1. The van der Waals surface area contributed by atoms with Gasteiger partial charge in [-0.05, 0) is 61.9 Å². The van der Waals surface area contributed by atoms with Gasteiger partial charge in [0.25, 0.3) is 0 Å². The van der Waals surface area contributed by atoms with Crippen LogP contribution in [0.25, 0.3) is 21.8 Å². The number of carbonyl (C=O) groups excluding carboxylic acids is 3. The third-order valence-corrected chi connectivity index (χ3v) is 8.43. The van der Waals surface area contributed by atoms with Crippen LogP contribution in [0.15, 0.2) is 91.1 Å². The SMILES string of the molecule is Cc1cc(COc2ccc(NC(=O)[C@H]3CCN(C(=O)OCc4ccnc5ccccc45)C[C@@H]3C(=O)NO)cc2)c2ccccc2n1.O=C(O)C(F)(F)F. The molecule has 53 heavy (non-hydrogen) atoms. The molecule has 3 aromatic carbocycles. The molecule has 276 valence electrons. The number of carboxylic acid groups (broad SMARTS) is 1. The molecule has 1 aliphatic heterocycles. The van der Waals surface area contributed by atoms with Gasteiger partial charge in [-0.1, -0.05) is 36.4 Å². The van der Waals surface area contributed by atoms with E-state index in [-0.39, 0.29) is 26.1 Å². The van der Waals surface area contributed by atoms with Crippen LogP contribution in [-0.2, 0) is 32.3 Å². The average molecular weight is 734 g/mol. The Balaban J connectivity index is 0.000000705. The molecule has 1 saturated heterocycles. The number of para-hydroxylation sites is 2. The molecule has 4 N–H and O–H groups in total. The van der Waals surface area contributed by atoms with E-state index < -0.39 is 41.9 Å². The molecule has 0 bridgehead atoms. The average Bonchev–Trinajstić information content (AvgIpc) is 3.15. The summed E-state index contributed by atoms with van der Waals surface area (Å²) in [7, 11) is 0. The zero-order valence-corrected chi connectivity index (χ0v) is 28.2. The van der Waals surface area contributed by atoms with Gasteiger partial charge in [-0.3, -0.25) is 24.8 Å². The summed E-state index contributed by atoms with van der Waals surface area (Å²) in [5, 5.41) is 21.3. The summed E-state index contributed by atoms with van der Waals surface area (Å²) >= 11 is 0. The number of carbonyl (C=O) groups is 4. The van der Waals surface area contributed by atoms with Crippen molar-refractivity contribution >= 4 is 51.4 Å². The molecule has 16 heteroatoms. The maximum Gasteiger partial charge on any atom is 0.490 e. The lowest BCUT2D eigenvalue weighted by Crippen LogP contribution is -2.52. The number of piperidine rings is 1. The van der Waals surface area contributed by atoms with Gasteiger partial charge in [0.15, 0.2) is 0 Å². The lowest BCUT2D eigenvalue weighted by Gasteiger charge is -2.36. The predicted molar refractivity (Wildman–Crippen MR) is 185 cm³/mol. The standard InChI is InChI=1S/C35H33N5O6.C2HF3O2/c1-22-18-24(28-7-3-5-9-32(28)37-22)21-45-26-12-10-25(11-13-26)38-33(41)29-15-17-40(19-30(29)34(42)39-44)35(43)46-20-23-14-16-36-31-8-4-2-6-27(23)31;3-2(4,5)1(6)7/h2-14,16,18,29-30,44H,15,17,19-21H2,1H3,(H,38,41)(H,39,42);(H,6,7)/t29-,30-;/m0./s1. The van der Waals surface area contributed by atoms with Gasteiger partial charge in [-0.15, -0.1) is 0 Å². The highest BCUT2D eigenvalue weighted by atomic mass is 19.4. The number of amides is 3. The molecule has 5 aromatic rings. The van der Waals surface area contributed by atoms with Crippen LogP contribution in [0, 0.1) is 18.8 Å². The summed E-state index contributed by atoms with van der Waals surface area (Å²) in [6.45, 7) is 2.45. The summed E-state index contributed by atoms with van der Waals surface area (Å²) in [5.74, 6) is -5.03. The molecule has 1 fully saturated rings. The number of halogens is 3. The number of pyridine rings is 2. The first kappa shape index (κ1) is 38.0. The number of alkyl halides is 3. The molecule has 2 aromatic heterocycles. The number of fused-ring (bicyclic) bond motifs is 2. The highest BCUT2D eigenvalue weighted by Gasteiger charge is 2.41. The van der Waals surface area contributed by atoms with Gasteiger partial charge in [0.05, 0.1) is 22.9 Å². The van der Waals surface area contributed by atoms with Crippen molar-refractivity contribution in [2.45, 2.75) is 32.7 Å². The summed E-state index contributed by atoms with van der Waals surface area (Å²) in [6.07, 6.45) is -3.83. The first-order chi connectivity index (χ1) is 25.3. The number of hydroxylamine groups is 1. The normalized spacial score (nSPS) is 15.5. The van der Waals surface area contributed by atoms with Crippen LogP contribution in [0.4, 0.5) is 23.7 Å². The Labute approximate surface area is 300 Å². The third kappa shape index (κ3) is 9.74. The van der Waals surface area contributed by atoms with Crippen LogP contribution in [-0.4, -0.2) is 68.3 Å². The van der Waals surface area contributed by atoms with Gasteiger partial charge in [0.1, 0.15) is 19.0 Å². The molecule has 0 saturated carbocycles. The monoisotopic (exact) mass is 733 g/mol. The zero-order valence-electron chi connectivity index (χ0n) is 28.2. The van der Waals surface area contributed by atoms with Gasteiger partial charge < -0.3 is 24.8 Å². The number of anilines is 1. The van der Waals surface area contributed by atoms with Crippen molar-refractivity contribution in [3.05, 3.63) is 108 Å². The highest BCUT2D eigenvalue weighted by Crippen LogP contribution is 2.28. The Bertz CT molecular complexity index is 2110. The number of aromatic nitrogens is 2. The van der Waals surface area contributed by atoms with Gasteiger partial charge in [0.2, 0.25) is 11.8 Å². The highest BCUT2D eigenvalue weighted by molar-refractivity contribution is 5.96. The van der Waals surface area contributed by atoms with E-state index in [1.807, 2.05) is 61.5 Å². The van der Waals surface area contributed by atoms with Crippen molar-refractivity contribution in [1.82, 2.24) is 20.3 Å². The number of hydrogen-bond donors (Lipinski definition) is 4. The number of nitrogens with zero attached hydrogens (tertiary/aromatic N) is 3. The fourth-order valence-corrected chi connectivity index (χ4v) is 5.84. The maximum absolute atomic E-state index is 13.3. The molecule has 0 radical (unpaired) electrons. The van der Waals surface area contributed by atoms with Crippen molar-refractivity contribution in [1.29, 1.82) is 0 Å². The molecular formula is C37H34F3N5O8. The number of nitrogens with one attached hydrogen (secondary N) is 2. The lowest BCUT2D eigenvalue weighted by atomic mass is 9.84. The van der Waals surface area contributed by atoms with Gasteiger partial charge in [-0.25, -0.2) is 15.1 Å². The second kappa shape index (κ2) is 16.8. The van der Waals surface area contributed by atoms with Crippen LogP contribution in [0.3, 0.4) is 0 Å². The Morgan fingerprint density at radius 2 is 1.51 bits per heavy atom. The van der Waals surface area contributed by atoms with E-state index in [0.29, 0.717) is 18.0 Å². The van der Waals surface area contributed by atoms with Crippen molar-refractivity contribution in [3.63, 3.8) is 0 Å². The Morgan fingerprint density at radius 3 is 2.17 bits per heavy atom. The van der Waals surface area contributed by atoms with Gasteiger partial charge in [-0.2, -0.15) is 13.2 Å². The van der Waals surface area contributed by atoms with Crippen molar-refractivity contribution in [3.8, 4) is 5.75 Å². The Kier molecular flexibility index (Phi) is 12.0. The molecule has 2 atom stereocenters. The topological polar surface area (TPSA) is 180 Å². The number of benzene rings is 3. The first-order valence-electron chi connectivity index (χ1n) is 16.2. The van der Waals surface area contributed by atoms with E-state index in [9.17, 15) is 32.8 Å². The van der Waals surface area contributed by atoms with Crippen LogP contribution in [0.2, 0.25) is 0 Å². The van der Waals surface area contributed by atoms with Crippen LogP contribution >= 0.6 is 0 Å². The molecule has 3 amide bonds. The molecule has 13 nitrogen and oxygen atoms in total. The number of carboxylic acids is 1. The van der Waals surface area contributed by atoms with E-state index >= 15 is 0 Å². The Morgan fingerprint density at radius 1 is 0.868 bits per heavy atom. The fourth-order valence-electron chi connectivity index (χ4n) is 5.84. The second-order valence-electron chi connectivity index (χ2n) is 12.0. The van der Waals surface area contributed by atoms with Gasteiger partial charge in [0, 0.05) is 52.6 Å². The number of aliphatic carboxylic acids is 1. The van der Waals surface area contributed by atoms with E-state index in [1.165, 1.54) is 4.90 Å². The number of aryl methyl sites for hydroxylation is 1. The predicted octanol–water partition coefficient (Wildman–Crippen LogP) is 6.02. The molecule has 0 aliphatic carbocycles. The Hall–Kier alpha value is -6.29. The van der Waals surface area contributed by atoms with Crippen LogP contribution in [0.1, 0.15) is 23.2 Å². The number of hydrogen-bond acceptors (Lipinski definition) is 9. The molecular weight excluding hydrogens is 699 g/mol. The molecule has 0 unspecified atom stereocenters. The smallest absolute Gasteiger partial charge is 0.489 e. The summed E-state index contributed by atoms with van der Waals surface area (Å²) in [5.41, 5.74) is 6.60. The summed E-state index contributed by atoms with van der Waals surface area (Å²) < 4.78 is 43.3. The molecule has 1 aliphatic rings. The maximum atomic E-state index is 13.3. The minimum atomic E-state index is -5.08. The lowest BCUT2D eigenvalue weighted by molar-refractivity contribution is -0.192. The number of ether oxygens (including phenoxy) is 2. The van der Waals surface area contributed by atoms with E-state index in [4.69, 9.17) is 19.4 Å². The van der Waals surface area contributed by atoms with Crippen LogP contribution in [0.5, 0.6) is 5.75 Å². The third-order valence-electron chi connectivity index (χ3n) is 8.43. The number of rotatable bonds is 8. The fraction of sp³-hybridized carbons (Fsp3) is 0.243. The van der Waals surface area contributed by atoms with Crippen molar-refractivity contribution in [2.24, 2.45) is 11.8 Å². The van der Waals surface area contributed by atoms with E-state index in [0.717, 1.165) is 38.6 Å². The quantitative estimate of drug-likeness (QED) is 0.109. The summed E-state index contributed by atoms with van der Waals surface area (Å²) in [4.78, 5) is 58.1. The molecule has 6 rings (SSSR count). The minimum absolute atomic E-state index is 0.0254. The second-order valence-corrected chi connectivity index (χ2v) is 12.0. The van der Waals surface area contributed by atoms with Crippen LogP contribution < -0.4 is 15.5 Å². The van der Waals surface area contributed by atoms with E-state index in [1.54, 1.807) is 42.0 Å². The zero-order chi connectivity index (χ0) is 38.1. The van der Waals surface area contributed by atoms with Gasteiger partial charge >= 0.3 is 18.2 Å². The minimum Gasteiger partial charge on any atom is -0.489 e. The first-order valence-corrected chi connectivity index (χ1v) is 16.2. The largest absolute Gasteiger partial charge is 0.490 e. The van der Waals surface area contributed by atoms with Crippen molar-refractivity contribution in [2.75, 3.05) is 18.4 Å².